The smallest absolute Gasteiger partial charge is 0.255 e. The SMILES string of the molecule is C[C@@H]1CN(C(=O)c2cc(F)c(Cl)cc2Cl)C[C@@H](C)O1. The van der Waals surface area contributed by atoms with Gasteiger partial charge in [-0.2, -0.15) is 0 Å². The van der Waals surface area contributed by atoms with Gasteiger partial charge < -0.3 is 9.64 Å². The molecule has 2 rings (SSSR count). The van der Waals surface area contributed by atoms with E-state index in [-0.39, 0.29) is 33.7 Å². The standard InChI is InChI=1S/C13H14Cl2FNO2/c1-7-5-17(6-8(2)19-7)13(18)9-3-12(16)11(15)4-10(9)14/h3-4,7-8H,5-6H2,1-2H3/t7-,8-/m1/s1. The summed E-state index contributed by atoms with van der Waals surface area (Å²) in [5.74, 6) is -0.952. The van der Waals surface area contributed by atoms with Crippen molar-refractivity contribution in [2.45, 2.75) is 26.1 Å². The first-order valence-electron chi connectivity index (χ1n) is 5.97. The number of morpholine rings is 1. The largest absolute Gasteiger partial charge is 0.372 e. The highest BCUT2D eigenvalue weighted by atomic mass is 35.5. The van der Waals surface area contributed by atoms with Crippen LogP contribution in [0.5, 0.6) is 0 Å². The lowest BCUT2D eigenvalue weighted by Gasteiger charge is -2.35. The minimum absolute atomic E-state index is 0.0522. The van der Waals surface area contributed by atoms with Crippen molar-refractivity contribution >= 4 is 29.1 Å². The number of carbonyl (C=O) groups excluding carboxylic acids is 1. The summed E-state index contributed by atoms with van der Waals surface area (Å²) in [5, 5.41) is 0.0634. The monoisotopic (exact) mass is 305 g/mol. The lowest BCUT2D eigenvalue weighted by atomic mass is 10.1. The normalized spacial score (nSPS) is 23.5. The summed E-state index contributed by atoms with van der Waals surface area (Å²) < 4.78 is 19.0. The summed E-state index contributed by atoms with van der Waals surface area (Å²) in [4.78, 5) is 14.0. The van der Waals surface area contributed by atoms with E-state index in [0.29, 0.717) is 13.1 Å². The van der Waals surface area contributed by atoms with Crippen LogP contribution in [0.3, 0.4) is 0 Å². The molecule has 0 bridgehead atoms. The molecule has 1 aromatic carbocycles. The molecular formula is C13H14Cl2FNO2. The Kier molecular flexibility index (Phi) is 4.33. The second-order valence-electron chi connectivity index (χ2n) is 4.71. The molecule has 3 nitrogen and oxygen atoms in total. The molecule has 6 heteroatoms. The fourth-order valence-corrected chi connectivity index (χ4v) is 2.66. The maximum atomic E-state index is 13.5. The van der Waals surface area contributed by atoms with Crippen LogP contribution < -0.4 is 0 Å². The van der Waals surface area contributed by atoms with Crippen molar-refractivity contribution in [3.05, 3.63) is 33.6 Å². The number of rotatable bonds is 1. The van der Waals surface area contributed by atoms with Crippen LogP contribution in [-0.4, -0.2) is 36.1 Å². The number of benzene rings is 1. The molecule has 0 radical (unpaired) electrons. The predicted octanol–water partition coefficient (Wildman–Crippen LogP) is 3.38. The molecule has 0 aliphatic carbocycles. The van der Waals surface area contributed by atoms with E-state index < -0.39 is 5.82 Å². The average Bonchev–Trinajstić information content (AvgIpc) is 2.31. The Labute approximate surface area is 121 Å². The van der Waals surface area contributed by atoms with Gasteiger partial charge in [-0.1, -0.05) is 23.2 Å². The van der Waals surface area contributed by atoms with Gasteiger partial charge in [0.15, 0.2) is 0 Å². The summed E-state index contributed by atoms with van der Waals surface area (Å²) >= 11 is 11.6. The van der Waals surface area contributed by atoms with Crippen LogP contribution in [0.4, 0.5) is 4.39 Å². The molecule has 0 unspecified atom stereocenters. The van der Waals surface area contributed by atoms with Crippen molar-refractivity contribution in [3.8, 4) is 0 Å². The third-order valence-electron chi connectivity index (χ3n) is 2.95. The molecule has 19 heavy (non-hydrogen) atoms. The first-order valence-corrected chi connectivity index (χ1v) is 6.73. The van der Waals surface area contributed by atoms with Crippen molar-refractivity contribution in [2.75, 3.05) is 13.1 Å². The van der Waals surface area contributed by atoms with Crippen LogP contribution in [0.1, 0.15) is 24.2 Å². The average molecular weight is 306 g/mol. The van der Waals surface area contributed by atoms with Gasteiger partial charge >= 0.3 is 0 Å². The Morgan fingerprint density at radius 2 is 1.84 bits per heavy atom. The van der Waals surface area contributed by atoms with E-state index in [0.717, 1.165) is 6.07 Å². The number of nitrogens with zero attached hydrogens (tertiary/aromatic N) is 1. The first kappa shape index (κ1) is 14.6. The number of carbonyl (C=O) groups is 1. The van der Waals surface area contributed by atoms with Gasteiger partial charge in [0, 0.05) is 13.1 Å². The number of hydrogen-bond acceptors (Lipinski definition) is 2. The molecule has 1 aliphatic rings. The van der Waals surface area contributed by atoms with Gasteiger partial charge in [-0.25, -0.2) is 4.39 Å². The highest BCUT2D eigenvalue weighted by Gasteiger charge is 2.28. The van der Waals surface area contributed by atoms with Crippen molar-refractivity contribution in [1.29, 1.82) is 0 Å². The second kappa shape index (κ2) is 5.65. The van der Waals surface area contributed by atoms with Crippen LogP contribution >= 0.6 is 23.2 Å². The van der Waals surface area contributed by atoms with Crippen molar-refractivity contribution in [3.63, 3.8) is 0 Å². The van der Waals surface area contributed by atoms with E-state index in [1.807, 2.05) is 13.8 Å². The molecular weight excluding hydrogens is 292 g/mol. The lowest BCUT2D eigenvalue weighted by molar-refractivity contribution is -0.0586. The quantitative estimate of drug-likeness (QED) is 0.744. The summed E-state index contributed by atoms with van der Waals surface area (Å²) in [6.07, 6.45) is -0.104. The van der Waals surface area contributed by atoms with E-state index in [9.17, 15) is 9.18 Å². The van der Waals surface area contributed by atoms with Gasteiger partial charge in [0.05, 0.1) is 27.8 Å². The molecule has 0 aromatic heterocycles. The van der Waals surface area contributed by atoms with E-state index in [4.69, 9.17) is 27.9 Å². The molecule has 0 N–H and O–H groups in total. The van der Waals surface area contributed by atoms with E-state index >= 15 is 0 Å². The summed E-state index contributed by atoms with van der Waals surface area (Å²) in [6.45, 7) is 4.70. The van der Waals surface area contributed by atoms with Crippen LogP contribution in [0.25, 0.3) is 0 Å². The van der Waals surface area contributed by atoms with Gasteiger partial charge in [0.25, 0.3) is 5.91 Å². The zero-order valence-electron chi connectivity index (χ0n) is 10.6. The van der Waals surface area contributed by atoms with Gasteiger partial charge in [-0.3, -0.25) is 4.79 Å². The molecule has 0 saturated carbocycles. The van der Waals surface area contributed by atoms with Crippen LogP contribution in [-0.2, 0) is 4.74 Å². The lowest BCUT2D eigenvalue weighted by Crippen LogP contribution is -2.48. The minimum atomic E-state index is -0.649. The van der Waals surface area contributed by atoms with E-state index in [1.165, 1.54) is 6.07 Å². The predicted molar refractivity (Wildman–Crippen MR) is 72.3 cm³/mol. The third kappa shape index (κ3) is 3.19. The number of ether oxygens (including phenoxy) is 1. The molecule has 1 amide bonds. The molecule has 1 heterocycles. The Bertz CT molecular complexity index is 500. The van der Waals surface area contributed by atoms with Gasteiger partial charge in [0.1, 0.15) is 5.82 Å². The Morgan fingerprint density at radius 3 is 2.42 bits per heavy atom. The maximum Gasteiger partial charge on any atom is 0.255 e. The zero-order valence-corrected chi connectivity index (χ0v) is 12.1. The number of hydrogen-bond donors (Lipinski definition) is 0. The minimum Gasteiger partial charge on any atom is -0.372 e. The molecule has 0 spiro atoms. The summed E-state index contributed by atoms with van der Waals surface area (Å²) in [7, 11) is 0. The molecule has 1 saturated heterocycles. The Balaban J connectivity index is 2.26. The third-order valence-corrected chi connectivity index (χ3v) is 3.55. The number of halogens is 3. The van der Waals surface area contributed by atoms with Crippen LogP contribution in [0.2, 0.25) is 10.0 Å². The Hall–Kier alpha value is -0.840. The van der Waals surface area contributed by atoms with E-state index in [2.05, 4.69) is 0 Å². The van der Waals surface area contributed by atoms with Crippen LogP contribution in [0.15, 0.2) is 12.1 Å². The molecule has 2 atom stereocenters. The number of amides is 1. The molecule has 1 aromatic rings. The fraction of sp³-hybridized carbons (Fsp3) is 0.462. The highest BCUT2D eigenvalue weighted by molar-refractivity contribution is 6.36. The first-order chi connectivity index (χ1) is 8.88. The van der Waals surface area contributed by atoms with E-state index in [1.54, 1.807) is 4.90 Å². The maximum absolute atomic E-state index is 13.5. The molecule has 104 valence electrons. The second-order valence-corrected chi connectivity index (χ2v) is 5.53. The summed E-state index contributed by atoms with van der Waals surface area (Å²) in [5.41, 5.74) is 0.130. The van der Waals surface area contributed by atoms with Gasteiger partial charge in [0.2, 0.25) is 0 Å². The van der Waals surface area contributed by atoms with Crippen molar-refractivity contribution in [2.24, 2.45) is 0 Å². The molecule has 1 fully saturated rings. The van der Waals surface area contributed by atoms with Crippen molar-refractivity contribution in [1.82, 2.24) is 4.90 Å². The van der Waals surface area contributed by atoms with Gasteiger partial charge in [-0.15, -0.1) is 0 Å². The van der Waals surface area contributed by atoms with Crippen LogP contribution in [0, 0.1) is 5.82 Å². The topological polar surface area (TPSA) is 29.5 Å². The Morgan fingerprint density at radius 1 is 1.26 bits per heavy atom. The van der Waals surface area contributed by atoms with Crippen molar-refractivity contribution < 1.29 is 13.9 Å². The highest BCUT2D eigenvalue weighted by Crippen LogP contribution is 2.26. The molecule has 1 aliphatic heterocycles. The summed E-state index contributed by atoms with van der Waals surface area (Å²) in [6, 6.07) is 2.33. The fourth-order valence-electron chi connectivity index (χ4n) is 2.20. The zero-order chi connectivity index (χ0) is 14.2. The van der Waals surface area contributed by atoms with Gasteiger partial charge in [-0.05, 0) is 26.0 Å².